The van der Waals surface area contributed by atoms with Crippen molar-refractivity contribution in [3.05, 3.63) is 5.69 Å². The molecule has 0 spiro atoms. The Hall–Kier alpha value is -2.12. The van der Waals surface area contributed by atoms with Gasteiger partial charge in [-0.2, -0.15) is 5.21 Å². The molecule has 2 aliphatic rings. The molecule has 1 aromatic heterocycles. The maximum atomic E-state index is 12.4. The molecule has 2 fully saturated rings. The molecule has 0 radical (unpaired) electrons. The third-order valence-corrected chi connectivity index (χ3v) is 5.14. The van der Waals surface area contributed by atoms with Crippen molar-refractivity contribution in [3.8, 4) is 0 Å². The molecule has 3 rings (SSSR count). The Morgan fingerprint density at radius 3 is 2.38 bits per heavy atom. The summed E-state index contributed by atoms with van der Waals surface area (Å²) < 4.78 is 0. The van der Waals surface area contributed by atoms with Crippen molar-refractivity contribution in [2.45, 2.75) is 39.5 Å². The quantitative estimate of drug-likeness (QED) is 0.883. The Morgan fingerprint density at radius 2 is 1.75 bits per heavy atom. The van der Waals surface area contributed by atoms with Gasteiger partial charge in [-0.1, -0.05) is 13.8 Å². The zero-order valence-corrected chi connectivity index (χ0v) is 14.4. The molecule has 3 amide bonds. The molecule has 0 bridgehead atoms. The standard InChI is InChI=1S/C16H26N6O2/c1-11(2)12-5-9-22(10-6-12)16(24)17-14-13(18-20-19-14)15(23)21-7-3-4-8-21/h11-12H,3-10H2,1-2H3,(H2,17,18,19,20,24). The van der Waals surface area contributed by atoms with E-state index in [2.05, 4.69) is 34.6 Å². The summed E-state index contributed by atoms with van der Waals surface area (Å²) in [6, 6.07) is -0.207. The number of carbonyl (C=O) groups excluding carboxylic acids is 2. The predicted octanol–water partition coefficient (Wildman–Crippen LogP) is 1.94. The largest absolute Gasteiger partial charge is 0.337 e. The van der Waals surface area contributed by atoms with E-state index in [-0.39, 0.29) is 23.5 Å². The molecular formula is C16H26N6O2. The highest BCUT2D eigenvalue weighted by molar-refractivity contribution is 6.00. The third-order valence-electron chi connectivity index (χ3n) is 5.14. The average molecular weight is 334 g/mol. The van der Waals surface area contributed by atoms with Crippen molar-refractivity contribution in [1.29, 1.82) is 0 Å². The van der Waals surface area contributed by atoms with E-state index in [1.54, 1.807) is 9.80 Å². The van der Waals surface area contributed by atoms with Gasteiger partial charge >= 0.3 is 6.03 Å². The van der Waals surface area contributed by atoms with Gasteiger partial charge in [-0.05, 0) is 37.5 Å². The number of nitrogens with zero attached hydrogens (tertiary/aromatic N) is 4. The van der Waals surface area contributed by atoms with Crippen LogP contribution in [0.2, 0.25) is 0 Å². The van der Waals surface area contributed by atoms with Gasteiger partial charge in [0.15, 0.2) is 11.5 Å². The van der Waals surface area contributed by atoms with E-state index in [0.29, 0.717) is 11.8 Å². The molecule has 2 aliphatic heterocycles. The summed E-state index contributed by atoms with van der Waals surface area (Å²) in [6.45, 7) is 7.41. The number of piperidine rings is 1. The van der Waals surface area contributed by atoms with Crippen LogP contribution >= 0.6 is 0 Å². The van der Waals surface area contributed by atoms with Gasteiger partial charge in [-0.25, -0.2) is 4.79 Å². The van der Waals surface area contributed by atoms with Crippen molar-refractivity contribution >= 4 is 17.8 Å². The maximum absolute atomic E-state index is 12.4. The van der Waals surface area contributed by atoms with Crippen LogP contribution in [0.25, 0.3) is 0 Å². The van der Waals surface area contributed by atoms with Gasteiger partial charge < -0.3 is 9.80 Å². The number of urea groups is 1. The molecular weight excluding hydrogens is 308 g/mol. The summed E-state index contributed by atoms with van der Waals surface area (Å²) in [5.74, 6) is 1.38. The second kappa shape index (κ2) is 7.19. The first kappa shape index (κ1) is 16.7. The Morgan fingerprint density at radius 1 is 1.08 bits per heavy atom. The lowest BCUT2D eigenvalue weighted by Crippen LogP contribution is -2.42. The van der Waals surface area contributed by atoms with Crippen LogP contribution < -0.4 is 5.32 Å². The summed E-state index contributed by atoms with van der Waals surface area (Å²) in [7, 11) is 0. The molecule has 1 aromatic rings. The van der Waals surface area contributed by atoms with Crippen LogP contribution in [0.4, 0.5) is 10.6 Å². The van der Waals surface area contributed by atoms with Crippen LogP contribution in [-0.4, -0.2) is 63.3 Å². The van der Waals surface area contributed by atoms with Crippen LogP contribution in [0.15, 0.2) is 0 Å². The van der Waals surface area contributed by atoms with E-state index in [4.69, 9.17) is 0 Å². The molecule has 24 heavy (non-hydrogen) atoms. The Balaban J connectivity index is 1.59. The third kappa shape index (κ3) is 3.52. The lowest BCUT2D eigenvalue weighted by Gasteiger charge is -2.33. The van der Waals surface area contributed by atoms with E-state index in [0.717, 1.165) is 51.9 Å². The number of likely N-dealkylation sites (tertiary alicyclic amines) is 2. The number of hydrogen-bond acceptors (Lipinski definition) is 4. The minimum Gasteiger partial charge on any atom is -0.337 e. The highest BCUT2D eigenvalue weighted by Gasteiger charge is 2.28. The highest BCUT2D eigenvalue weighted by atomic mass is 16.2. The SMILES string of the molecule is CC(C)C1CCN(C(=O)Nc2n[nH]nc2C(=O)N2CCCC2)CC1. The number of aromatic amines is 1. The first-order chi connectivity index (χ1) is 11.6. The molecule has 0 saturated carbocycles. The smallest absolute Gasteiger partial charge is 0.323 e. The van der Waals surface area contributed by atoms with E-state index < -0.39 is 0 Å². The maximum Gasteiger partial charge on any atom is 0.323 e. The second-order valence-corrected chi connectivity index (χ2v) is 7.02. The van der Waals surface area contributed by atoms with E-state index >= 15 is 0 Å². The fourth-order valence-electron chi connectivity index (χ4n) is 3.49. The highest BCUT2D eigenvalue weighted by Crippen LogP contribution is 2.25. The molecule has 132 valence electrons. The number of hydrogen-bond donors (Lipinski definition) is 2. The predicted molar refractivity (Wildman–Crippen MR) is 89.7 cm³/mol. The molecule has 0 aliphatic carbocycles. The zero-order chi connectivity index (χ0) is 17.1. The number of anilines is 1. The first-order valence-electron chi connectivity index (χ1n) is 8.82. The lowest BCUT2D eigenvalue weighted by molar-refractivity contribution is 0.0788. The van der Waals surface area contributed by atoms with Crippen molar-refractivity contribution < 1.29 is 9.59 Å². The number of carbonyl (C=O) groups is 2. The van der Waals surface area contributed by atoms with Crippen LogP contribution in [0.3, 0.4) is 0 Å². The molecule has 0 atom stereocenters. The Kier molecular flexibility index (Phi) is 5.01. The molecule has 8 heteroatoms. The normalized spacial score (nSPS) is 19.1. The van der Waals surface area contributed by atoms with Gasteiger partial charge in [0.25, 0.3) is 5.91 Å². The summed E-state index contributed by atoms with van der Waals surface area (Å²) in [6.07, 6.45) is 4.05. The molecule has 2 N–H and O–H groups in total. The summed E-state index contributed by atoms with van der Waals surface area (Å²) in [5.41, 5.74) is 0.197. The zero-order valence-electron chi connectivity index (χ0n) is 14.4. The van der Waals surface area contributed by atoms with Crippen LogP contribution in [-0.2, 0) is 0 Å². The van der Waals surface area contributed by atoms with Crippen molar-refractivity contribution in [2.24, 2.45) is 11.8 Å². The monoisotopic (exact) mass is 334 g/mol. The minimum absolute atomic E-state index is 0.171. The van der Waals surface area contributed by atoms with E-state index in [1.165, 1.54) is 0 Å². The van der Waals surface area contributed by atoms with Crippen LogP contribution in [0.1, 0.15) is 50.0 Å². The second-order valence-electron chi connectivity index (χ2n) is 7.02. The molecule has 0 unspecified atom stereocenters. The summed E-state index contributed by atoms with van der Waals surface area (Å²) in [5, 5.41) is 13.1. The van der Waals surface area contributed by atoms with Crippen molar-refractivity contribution in [2.75, 3.05) is 31.5 Å². The van der Waals surface area contributed by atoms with E-state index in [9.17, 15) is 9.59 Å². The van der Waals surface area contributed by atoms with Gasteiger partial charge in [0.1, 0.15) is 0 Å². The number of nitrogens with one attached hydrogen (secondary N) is 2. The number of rotatable bonds is 3. The average Bonchev–Trinajstić information content (AvgIpc) is 3.26. The number of amides is 3. The number of aromatic nitrogens is 3. The Bertz CT molecular complexity index is 585. The van der Waals surface area contributed by atoms with Crippen molar-refractivity contribution in [1.82, 2.24) is 25.2 Å². The topological polar surface area (TPSA) is 94.2 Å². The first-order valence-corrected chi connectivity index (χ1v) is 8.82. The van der Waals surface area contributed by atoms with Gasteiger partial charge in [-0.15, -0.1) is 10.2 Å². The summed E-state index contributed by atoms with van der Waals surface area (Å²) >= 11 is 0. The fourth-order valence-corrected chi connectivity index (χ4v) is 3.49. The van der Waals surface area contributed by atoms with Gasteiger partial charge in [0, 0.05) is 26.2 Å². The molecule has 0 aromatic carbocycles. The molecule has 8 nitrogen and oxygen atoms in total. The van der Waals surface area contributed by atoms with Gasteiger partial charge in [0.05, 0.1) is 0 Å². The fraction of sp³-hybridized carbons (Fsp3) is 0.750. The lowest BCUT2D eigenvalue weighted by atomic mass is 9.87. The van der Waals surface area contributed by atoms with Crippen LogP contribution in [0, 0.1) is 11.8 Å². The molecule has 2 saturated heterocycles. The van der Waals surface area contributed by atoms with E-state index in [1.807, 2.05) is 0 Å². The minimum atomic E-state index is -0.207. The Labute approximate surface area is 142 Å². The van der Waals surface area contributed by atoms with Gasteiger partial charge in [-0.3, -0.25) is 10.1 Å². The summed E-state index contributed by atoms with van der Waals surface area (Å²) in [4.78, 5) is 28.4. The van der Waals surface area contributed by atoms with Gasteiger partial charge in [0.2, 0.25) is 0 Å². The van der Waals surface area contributed by atoms with Crippen LogP contribution in [0.5, 0.6) is 0 Å². The molecule has 3 heterocycles. The number of H-pyrrole nitrogens is 1. The van der Waals surface area contributed by atoms with Crippen molar-refractivity contribution in [3.63, 3.8) is 0 Å².